The summed E-state index contributed by atoms with van der Waals surface area (Å²) in [6.07, 6.45) is 2.03. The molecule has 4 nitrogen and oxygen atoms in total. The molecule has 2 amide bonds. The molecule has 4 heteroatoms. The Labute approximate surface area is 113 Å². The lowest BCUT2D eigenvalue weighted by Crippen LogP contribution is -2.31. The van der Waals surface area contributed by atoms with Gasteiger partial charge in [-0.2, -0.15) is 0 Å². The summed E-state index contributed by atoms with van der Waals surface area (Å²) >= 11 is 0. The molecule has 2 rings (SSSR count). The van der Waals surface area contributed by atoms with Gasteiger partial charge in [0, 0.05) is 18.8 Å². The van der Waals surface area contributed by atoms with E-state index in [4.69, 9.17) is 0 Å². The van der Waals surface area contributed by atoms with Gasteiger partial charge in [0.15, 0.2) is 0 Å². The number of carbonyl (C=O) groups excluding carboxylic acids is 2. The van der Waals surface area contributed by atoms with Crippen LogP contribution in [0.15, 0.2) is 18.2 Å². The standard InChI is InChI=1S/C15H20N2O2/c1-11-5-6-12(2)13(9-11)16-14(18)10-15(19)17-7-3-4-8-17/h5-6,9H,3-4,7-8,10H2,1-2H3,(H,16,18). The molecule has 1 aromatic rings. The van der Waals surface area contributed by atoms with Crippen LogP contribution in [0.4, 0.5) is 5.69 Å². The minimum Gasteiger partial charge on any atom is -0.342 e. The van der Waals surface area contributed by atoms with Crippen molar-refractivity contribution in [1.29, 1.82) is 0 Å². The molecule has 1 aliphatic rings. The van der Waals surface area contributed by atoms with Gasteiger partial charge in [0.1, 0.15) is 6.42 Å². The Bertz CT molecular complexity index is 491. The van der Waals surface area contributed by atoms with Gasteiger partial charge in [-0.1, -0.05) is 12.1 Å². The van der Waals surface area contributed by atoms with Gasteiger partial charge in [-0.05, 0) is 43.9 Å². The first-order valence-electron chi connectivity index (χ1n) is 6.71. The maximum Gasteiger partial charge on any atom is 0.233 e. The summed E-state index contributed by atoms with van der Waals surface area (Å²) in [5.74, 6) is -0.300. The summed E-state index contributed by atoms with van der Waals surface area (Å²) in [6, 6.07) is 5.89. The topological polar surface area (TPSA) is 49.4 Å². The van der Waals surface area contributed by atoms with E-state index in [1.165, 1.54) is 0 Å². The molecule has 1 aliphatic heterocycles. The Hall–Kier alpha value is -1.84. The zero-order valence-corrected chi connectivity index (χ0v) is 11.5. The van der Waals surface area contributed by atoms with E-state index in [2.05, 4.69) is 5.32 Å². The number of carbonyl (C=O) groups is 2. The molecule has 0 saturated carbocycles. The van der Waals surface area contributed by atoms with E-state index >= 15 is 0 Å². The molecule has 0 bridgehead atoms. The fourth-order valence-corrected chi connectivity index (χ4v) is 2.28. The molecule has 1 saturated heterocycles. The Balaban J connectivity index is 1.93. The fourth-order valence-electron chi connectivity index (χ4n) is 2.28. The normalized spacial score (nSPS) is 14.5. The molecule has 19 heavy (non-hydrogen) atoms. The molecule has 1 N–H and O–H groups in total. The number of hydrogen-bond acceptors (Lipinski definition) is 2. The van der Waals surface area contributed by atoms with E-state index in [-0.39, 0.29) is 18.2 Å². The van der Waals surface area contributed by atoms with E-state index in [9.17, 15) is 9.59 Å². The van der Waals surface area contributed by atoms with Crippen molar-refractivity contribution >= 4 is 17.5 Å². The summed E-state index contributed by atoms with van der Waals surface area (Å²) in [4.78, 5) is 25.5. The first-order chi connectivity index (χ1) is 9.06. The van der Waals surface area contributed by atoms with Crippen LogP contribution in [0, 0.1) is 13.8 Å². The highest BCUT2D eigenvalue weighted by Gasteiger charge is 2.20. The van der Waals surface area contributed by atoms with Crippen molar-refractivity contribution in [3.05, 3.63) is 29.3 Å². The number of benzene rings is 1. The highest BCUT2D eigenvalue weighted by molar-refractivity contribution is 6.03. The number of aryl methyl sites for hydroxylation is 2. The first-order valence-corrected chi connectivity index (χ1v) is 6.71. The summed E-state index contributed by atoms with van der Waals surface area (Å²) < 4.78 is 0. The summed E-state index contributed by atoms with van der Waals surface area (Å²) in [5.41, 5.74) is 2.89. The number of rotatable bonds is 3. The van der Waals surface area contributed by atoms with Crippen LogP contribution < -0.4 is 5.32 Å². The molecule has 0 aliphatic carbocycles. The number of nitrogens with zero attached hydrogens (tertiary/aromatic N) is 1. The van der Waals surface area contributed by atoms with Crippen molar-refractivity contribution in [3.8, 4) is 0 Å². The van der Waals surface area contributed by atoms with Gasteiger partial charge in [0.25, 0.3) is 0 Å². The van der Waals surface area contributed by atoms with Crippen LogP contribution in [0.1, 0.15) is 30.4 Å². The predicted molar refractivity (Wildman–Crippen MR) is 75.0 cm³/mol. The minimum atomic E-state index is -0.231. The van der Waals surface area contributed by atoms with Gasteiger partial charge in [-0.15, -0.1) is 0 Å². The van der Waals surface area contributed by atoms with Crippen LogP contribution >= 0.6 is 0 Å². The van der Waals surface area contributed by atoms with Crippen LogP contribution in [0.3, 0.4) is 0 Å². The SMILES string of the molecule is Cc1ccc(C)c(NC(=O)CC(=O)N2CCCC2)c1. The molecular formula is C15H20N2O2. The summed E-state index contributed by atoms with van der Waals surface area (Å²) in [6.45, 7) is 5.49. The number of hydrogen-bond donors (Lipinski definition) is 1. The van der Waals surface area contributed by atoms with Crippen molar-refractivity contribution in [3.63, 3.8) is 0 Å². The monoisotopic (exact) mass is 260 g/mol. The number of likely N-dealkylation sites (tertiary alicyclic amines) is 1. The van der Waals surface area contributed by atoms with E-state index in [0.29, 0.717) is 0 Å². The maximum absolute atomic E-state index is 11.9. The summed E-state index contributed by atoms with van der Waals surface area (Å²) in [5, 5.41) is 2.82. The van der Waals surface area contributed by atoms with E-state index in [1.54, 1.807) is 4.90 Å². The zero-order valence-electron chi connectivity index (χ0n) is 11.5. The van der Waals surface area contributed by atoms with Gasteiger partial charge in [0.2, 0.25) is 11.8 Å². The second kappa shape index (κ2) is 5.87. The molecule has 0 spiro atoms. The molecule has 0 unspecified atom stereocenters. The molecular weight excluding hydrogens is 240 g/mol. The fraction of sp³-hybridized carbons (Fsp3) is 0.467. The lowest BCUT2D eigenvalue weighted by Gasteiger charge is -2.15. The van der Waals surface area contributed by atoms with Crippen LogP contribution in [0.5, 0.6) is 0 Å². The number of anilines is 1. The van der Waals surface area contributed by atoms with Crippen molar-refractivity contribution in [1.82, 2.24) is 4.90 Å². The van der Waals surface area contributed by atoms with Gasteiger partial charge >= 0.3 is 0 Å². The zero-order chi connectivity index (χ0) is 13.8. The molecule has 0 aromatic heterocycles. The minimum absolute atomic E-state index is 0.0621. The van der Waals surface area contributed by atoms with Crippen molar-refractivity contribution in [2.24, 2.45) is 0 Å². The molecule has 0 radical (unpaired) electrons. The van der Waals surface area contributed by atoms with Crippen LogP contribution in [-0.2, 0) is 9.59 Å². The lowest BCUT2D eigenvalue weighted by atomic mass is 10.1. The van der Waals surface area contributed by atoms with Crippen molar-refractivity contribution < 1.29 is 9.59 Å². The van der Waals surface area contributed by atoms with E-state index in [1.807, 2.05) is 32.0 Å². The second-order valence-electron chi connectivity index (χ2n) is 5.13. The average Bonchev–Trinajstić information content (AvgIpc) is 2.87. The quantitative estimate of drug-likeness (QED) is 0.847. The van der Waals surface area contributed by atoms with Crippen molar-refractivity contribution in [2.75, 3.05) is 18.4 Å². The van der Waals surface area contributed by atoms with Crippen LogP contribution in [0.2, 0.25) is 0 Å². The smallest absolute Gasteiger partial charge is 0.233 e. The van der Waals surface area contributed by atoms with Gasteiger partial charge < -0.3 is 10.2 Å². The third-order valence-electron chi connectivity index (χ3n) is 3.44. The van der Waals surface area contributed by atoms with Gasteiger partial charge in [-0.25, -0.2) is 0 Å². The van der Waals surface area contributed by atoms with E-state index < -0.39 is 0 Å². The third kappa shape index (κ3) is 3.56. The molecule has 1 aromatic carbocycles. The Morgan fingerprint density at radius 1 is 1.21 bits per heavy atom. The molecule has 1 fully saturated rings. The molecule has 0 atom stereocenters. The number of amides is 2. The Morgan fingerprint density at radius 3 is 2.58 bits per heavy atom. The Morgan fingerprint density at radius 2 is 1.89 bits per heavy atom. The highest BCUT2D eigenvalue weighted by atomic mass is 16.2. The second-order valence-corrected chi connectivity index (χ2v) is 5.13. The van der Waals surface area contributed by atoms with Gasteiger partial charge in [0.05, 0.1) is 0 Å². The average molecular weight is 260 g/mol. The van der Waals surface area contributed by atoms with Crippen LogP contribution in [-0.4, -0.2) is 29.8 Å². The molecule has 102 valence electrons. The van der Waals surface area contributed by atoms with Crippen LogP contribution in [0.25, 0.3) is 0 Å². The number of nitrogens with one attached hydrogen (secondary N) is 1. The van der Waals surface area contributed by atoms with Gasteiger partial charge in [-0.3, -0.25) is 9.59 Å². The first kappa shape index (κ1) is 13.6. The largest absolute Gasteiger partial charge is 0.342 e. The van der Waals surface area contributed by atoms with Crippen molar-refractivity contribution in [2.45, 2.75) is 33.1 Å². The molecule has 1 heterocycles. The Kier molecular flexibility index (Phi) is 4.20. The summed E-state index contributed by atoms with van der Waals surface area (Å²) in [7, 11) is 0. The highest BCUT2D eigenvalue weighted by Crippen LogP contribution is 2.17. The lowest BCUT2D eigenvalue weighted by molar-refractivity contribution is -0.133. The predicted octanol–water partition coefficient (Wildman–Crippen LogP) is 2.25. The maximum atomic E-state index is 11.9. The third-order valence-corrected chi connectivity index (χ3v) is 3.44. The van der Waals surface area contributed by atoms with E-state index in [0.717, 1.165) is 42.7 Å².